The van der Waals surface area contributed by atoms with Gasteiger partial charge >= 0.3 is 6.09 Å². The highest BCUT2D eigenvalue weighted by atomic mass is 16.6. The molecule has 1 saturated heterocycles. The first-order valence-corrected chi connectivity index (χ1v) is 5.90. The number of nitrogens with zero attached hydrogens (tertiary/aromatic N) is 1. The van der Waals surface area contributed by atoms with E-state index in [2.05, 4.69) is 5.32 Å². The number of nitro benzene ring substituents is 1. The molecule has 1 aromatic carbocycles. The van der Waals surface area contributed by atoms with Crippen molar-refractivity contribution < 1.29 is 23.9 Å². The number of alkyl carbamates (subject to hydrolysis) is 1. The van der Waals surface area contributed by atoms with E-state index in [1.165, 1.54) is 26.4 Å². The lowest BCUT2D eigenvalue weighted by Crippen LogP contribution is -2.35. The zero-order chi connectivity index (χ0) is 14.7. The molecular formula is C12H14N2O6. The van der Waals surface area contributed by atoms with E-state index in [4.69, 9.17) is 14.2 Å². The zero-order valence-electron chi connectivity index (χ0n) is 11.0. The predicted octanol–water partition coefficient (Wildman–Crippen LogP) is 1.78. The van der Waals surface area contributed by atoms with Gasteiger partial charge in [0.05, 0.1) is 43.4 Å². The number of amides is 1. The monoisotopic (exact) mass is 282 g/mol. The lowest BCUT2D eigenvalue weighted by atomic mass is 10.0. The SMILES string of the molecule is COc1cc([C@@H]2CCOC(=O)N2)c([N+](=O)[O-])cc1OC. The average Bonchev–Trinajstić information content (AvgIpc) is 2.45. The van der Waals surface area contributed by atoms with Gasteiger partial charge in [-0.05, 0) is 6.07 Å². The van der Waals surface area contributed by atoms with Crippen molar-refractivity contribution in [1.29, 1.82) is 0 Å². The standard InChI is InChI=1S/C12H14N2O6/c1-18-10-5-7(8-3-4-20-12(15)13-8)9(14(16)17)6-11(10)19-2/h5-6,8H,3-4H2,1-2H3,(H,13,15)/t8-/m0/s1. The van der Waals surface area contributed by atoms with E-state index < -0.39 is 17.1 Å². The topological polar surface area (TPSA) is 99.9 Å². The van der Waals surface area contributed by atoms with Crippen molar-refractivity contribution in [3.8, 4) is 11.5 Å². The Labute approximate surface area is 114 Å². The van der Waals surface area contributed by atoms with E-state index in [1.807, 2.05) is 0 Å². The molecule has 0 unspecified atom stereocenters. The summed E-state index contributed by atoms with van der Waals surface area (Å²) in [6.45, 7) is 0.210. The molecule has 2 rings (SSSR count). The Hall–Kier alpha value is -2.51. The van der Waals surface area contributed by atoms with Crippen LogP contribution < -0.4 is 14.8 Å². The number of cyclic esters (lactones) is 1. The van der Waals surface area contributed by atoms with Crippen molar-refractivity contribution in [1.82, 2.24) is 5.32 Å². The van der Waals surface area contributed by atoms with Gasteiger partial charge in [0.25, 0.3) is 5.69 Å². The van der Waals surface area contributed by atoms with Crippen LogP contribution in [0.3, 0.4) is 0 Å². The van der Waals surface area contributed by atoms with E-state index in [0.29, 0.717) is 17.7 Å². The van der Waals surface area contributed by atoms with E-state index in [1.54, 1.807) is 0 Å². The van der Waals surface area contributed by atoms with Crippen LogP contribution in [0.5, 0.6) is 11.5 Å². The van der Waals surface area contributed by atoms with Crippen LogP contribution >= 0.6 is 0 Å². The number of methoxy groups -OCH3 is 2. The van der Waals surface area contributed by atoms with Gasteiger partial charge in [0.15, 0.2) is 11.5 Å². The predicted molar refractivity (Wildman–Crippen MR) is 68.0 cm³/mol. The first kappa shape index (κ1) is 13.9. The molecule has 108 valence electrons. The van der Waals surface area contributed by atoms with Crippen LogP contribution in [0.15, 0.2) is 12.1 Å². The van der Waals surface area contributed by atoms with Crippen molar-refractivity contribution in [3.63, 3.8) is 0 Å². The van der Waals surface area contributed by atoms with E-state index >= 15 is 0 Å². The Morgan fingerprint density at radius 2 is 2.00 bits per heavy atom. The number of rotatable bonds is 4. The maximum atomic E-state index is 11.2. The fraction of sp³-hybridized carbons (Fsp3) is 0.417. The largest absolute Gasteiger partial charge is 0.493 e. The molecule has 0 spiro atoms. The third-order valence-electron chi connectivity index (χ3n) is 3.04. The van der Waals surface area contributed by atoms with Gasteiger partial charge in [0, 0.05) is 6.42 Å². The normalized spacial score (nSPS) is 17.9. The Bertz CT molecular complexity index is 545. The second-order valence-corrected chi connectivity index (χ2v) is 4.14. The summed E-state index contributed by atoms with van der Waals surface area (Å²) in [5, 5.41) is 13.7. The van der Waals surface area contributed by atoms with Crippen LogP contribution in [0.4, 0.5) is 10.5 Å². The van der Waals surface area contributed by atoms with E-state index in [0.717, 1.165) is 0 Å². The molecule has 1 aliphatic heterocycles. The summed E-state index contributed by atoms with van der Waals surface area (Å²) >= 11 is 0. The van der Waals surface area contributed by atoms with E-state index in [-0.39, 0.29) is 18.0 Å². The van der Waals surface area contributed by atoms with Gasteiger partial charge in [0.2, 0.25) is 0 Å². The number of ether oxygens (including phenoxy) is 3. The summed E-state index contributed by atoms with van der Waals surface area (Å²) in [5.41, 5.74) is 0.235. The summed E-state index contributed by atoms with van der Waals surface area (Å²) in [6, 6.07) is 2.31. The fourth-order valence-electron chi connectivity index (χ4n) is 2.08. The lowest BCUT2D eigenvalue weighted by Gasteiger charge is -2.24. The number of hydrogen-bond donors (Lipinski definition) is 1. The smallest absolute Gasteiger partial charge is 0.407 e. The van der Waals surface area contributed by atoms with Crippen molar-refractivity contribution in [2.45, 2.75) is 12.5 Å². The zero-order valence-corrected chi connectivity index (χ0v) is 11.0. The second kappa shape index (κ2) is 5.64. The van der Waals surface area contributed by atoms with Crippen LogP contribution in [0, 0.1) is 10.1 Å². The number of carbonyl (C=O) groups excluding carboxylic acids is 1. The third kappa shape index (κ3) is 2.58. The molecule has 1 aliphatic rings. The number of nitro groups is 1. The fourth-order valence-corrected chi connectivity index (χ4v) is 2.08. The molecule has 20 heavy (non-hydrogen) atoms. The molecule has 1 fully saturated rings. The molecule has 1 aromatic rings. The van der Waals surface area contributed by atoms with Crippen molar-refractivity contribution in [2.75, 3.05) is 20.8 Å². The number of carbonyl (C=O) groups is 1. The first-order chi connectivity index (χ1) is 9.56. The summed E-state index contributed by atoms with van der Waals surface area (Å²) in [7, 11) is 2.84. The van der Waals surface area contributed by atoms with Crippen LogP contribution in [-0.2, 0) is 4.74 Å². The molecule has 8 heteroatoms. The summed E-state index contributed by atoms with van der Waals surface area (Å²) in [4.78, 5) is 21.9. The van der Waals surface area contributed by atoms with Crippen LogP contribution in [0.1, 0.15) is 18.0 Å². The highest BCUT2D eigenvalue weighted by molar-refractivity contribution is 5.69. The van der Waals surface area contributed by atoms with Crippen LogP contribution in [-0.4, -0.2) is 31.8 Å². The highest BCUT2D eigenvalue weighted by Crippen LogP contribution is 2.38. The molecular weight excluding hydrogens is 268 g/mol. The Kier molecular flexibility index (Phi) is 3.92. The van der Waals surface area contributed by atoms with Crippen molar-refractivity contribution in [2.24, 2.45) is 0 Å². The molecule has 1 heterocycles. The van der Waals surface area contributed by atoms with Crippen molar-refractivity contribution >= 4 is 11.8 Å². The van der Waals surface area contributed by atoms with E-state index in [9.17, 15) is 14.9 Å². The molecule has 0 aromatic heterocycles. The van der Waals surface area contributed by atoms with Gasteiger partial charge in [-0.2, -0.15) is 0 Å². The summed E-state index contributed by atoms with van der Waals surface area (Å²) in [6.07, 6.45) is -0.146. The van der Waals surface area contributed by atoms with Gasteiger partial charge in [-0.1, -0.05) is 0 Å². The summed E-state index contributed by atoms with van der Waals surface area (Å²) in [5.74, 6) is 0.634. The highest BCUT2D eigenvalue weighted by Gasteiger charge is 2.29. The molecule has 0 bridgehead atoms. The van der Waals surface area contributed by atoms with Gasteiger partial charge in [-0.15, -0.1) is 0 Å². The quantitative estimate of drug-likeness (QED) is 0.667. The molecule has 0 radical (unpaired) electrons. The number of nitrogens with one attached hydrogen (secondary N) is 1. The Morgan fingerprint density at radius 1 is 1.35 bits per heavy atom. The lowest BCUT2D eigenvalue weighted by molar-refractivity contribution is -0.385. The average molecular weight is 282 g/mol. The van der Waals surface area contributed by atoms with Gasteiger partial charge in [-0.25, -0.2) is 4.79 Å². The molecule has 1 N–H and O–H groups in total. The van der Waals surface area contributed by atoms with Gasteiger partial charge < -0.3 is 19.5 Å². The Balaban J connectivity index is 2.48. The molecule has 0 saturated carbocycles. The van der Waals surface area contributed by atoms with Gasteiger partial charge in [-0.3, -0.25) is 10.1 Å². The Morgan fingerprint density at radius 3 is 2.55 bits per heavy atom. The molecule has 1 amide bonds. The third-order valence-corrected chi connectivity index (χ3v) is 3.04. The molecule has 8 nitrogen and oxygen atoms in total. The molecule has 1 atom stereocenters. The van der Waals surface area contributed by atoms with Crippen molar-refractivity contribution in [3.05, 3.63) is 27.8 Å². The molecule has 0 aliphatic carbocycles. The maximum absolute atomic E-state index is 11.2. The minimum absolute atomic E-state index is 0.130. The van der Waals surface area contributed by atoms with Gasteiger partial charge in [0.1, 0.15) is 0 Å². The second-order valence-electron chi connectivity index (χ2n) is 4.14. The minimum atomic E-state index is -0.592. The summed E-state index contributed by atoms with van der Waals surface area (Å²) < 4.78 is 14.9. The number of hydrogen-bond acceptors (Lipinski definition) is 6. The van der Waals surface area contributed by atoms with Crippen LogP contribution in [0.2, 0.25) is 0 Å². The maximum Gasteiger partial charge on any atom is 0.407 e. The minimum Gasteiger partial charge on any atom is -0.493 e. The first-order valence-electron chi connectivity index (χ1n) is 5.90. The number of benzene rings is 1. The van der Waals surface area contributed by atoms with Crippen LogP contribution in [0.25, 0.3) is 0 Å².